The molecule has 0 saturated heterocycles. The molecule has 0 radical (unpaired) electrons. The van der Waals surface area contributed by atoms with Crippen molar-refractivity contribution in [2.45, 2.75) is 26.7 Å². The van der Waals surface area contributed by atoms with Crippen LogP contribution in [-0.2, 0) is 9.53 Å². The molecule has 2 aromatic carbocycles. The van der Waals surface area contributed by atoms with E-state index >= 15 is 0 Å². The predicted molar refractivity (Wildman–Crippen MR) is 110 cm³/mol. The average molecular weight is 379 g/mol. The normalized spacial score (nSPS) is 10.7. The average Bonchev–Trinajstić information content (AvgIpc) is 2.70. The van der Waals surface area contributed by atoms with Crippen molar-refractivity contribution in [2.24, 2.45) is 0 Å². The maximum Gasteiger partial charge on any atom is 0.305 e. The molecule has 3 aromatic rings. The lowest BCUT2D eigenvalue weighted by atomic mass is 10.2. The number of carbonyl (C=O) groups is 1. The van der Waals surface area contributed by atoms with Crippen LogP contribution in [0, 0.1) is 6.92 Å². The van der Waals surface area contributed by atoms with E-state index in [1.54, 1.807) is 6.92 Å². The van der Waals surface area contributed by atoms with Crippen LogP contribution in [0.15, 0.2) is 48.5 Å². The summed E-state index contributed by atoms with van der Waals surface area (Å²) in [5, 5.41) is 0.997. The van der Waals surface area contributed by atoms with Gasteiger partial charge in [0.2, 0.25) is 0 Å². The molecule has 0 bridgehead atoms. The fourth-order valence-corrected chi connectivity index (χ4v) is 2.97. The first-order valence-electron chi connectivity index (χ1n) is 9.44. The molecule has 6 nitrogen and oxygen atoms in total. The fraction of sp³-hybridized carbons (Fsp3) is 0.318. The van der Waals surface area contributed by atoms with Gasteiger partial charge in [-0.1, -0.05) is 18.2 Å². The minimum Gasteiger partial charge on any atom is -0.494 e. The standard InChI is InChI=1S/C22H25N3O3/c1-4-27-21(26)13-8-14-28-18-10-7-9-17(15-18)25(3)22-19-11-5-6-12-20(19)23-16(2)24-22/h5-7,9-12,15H,4,8,13-14H2,1-3H3. The first kappa shape index (κ1) is 19.6. The van der Waals surface area contributed by atoms with Gasteiger partial charge in [0.25, 0.3) is 0 Å². The molecule has 0 aliphatic rings. The molecule has 0 saturated carbocycles. The number of benzene rings is 2. The van der Waals surface area contributed by atoms with Crippen molar-refractivity contribution in [3.8, 4) is 5.75 Å². The lowest BCUT2D eigenvalue weighted by molar-refractivity contribution is -0.143. The zero-order valence-corrected chi connectivity index (χ0v) is 16.5. The SMILES string of the molecule is CCOC(=O)CCCOc1cccc(N(C)c2nc(C)nc3ccccc23)c1. The lowest BCUT2D eigenvalue weighted by Crippen LogP contribution is -2.13. The van der Waals surface area contributed by atoms with Gasteiger partial charge in [-0.15, -0.1) is 0 Å². The van der Waals surface area contributed by atoms with Gasteiger partial charge in [-0.2, -0.15) is 0 Å². The smallest absolute Gasteiger partial charge is 0.305 e. The summed E-state index contributed by atoms with van der Waals surface area (Å²) in [7, 11) is 1.98. The van der Waals surface area contributed by atoms with Gasteiger partial charge in [0.1, 0.15) is 17.4 Å². The highest BCUT2D eigenvalue weighted by atomic mass is 16.5. The molecular weight excluding hydrogens is 354 g/mol. The molecule has 0 spiro atoms. The highest BCUT2D eigenvalue weighted by Gasteiger charge is 2.12. The highest BCUT2D eigenvalue weighted by Crippen LogP contribution is 2.30. The molecule has 146 valence electrons. The molecule has 0 fully saturated rings. The van der Waals surface area contributed by atoms with E-state index in [2.05, 4.69) is 9.97 Å². The molecule has 0 aliphatic heterocycles. The number of anilines is 2. The number of fused-ring (bicyclic) bond motifs is 1. The van der Waals surface area contributed by atoms with Crippen molar-refractivity contribution >= 4 is 28.4 Å². The number of carbonyl (C=O) groups excluding carboxylic acids is 1. The highest BCUT2D eigenvalue weighted by molar-refractivity contribution is 5.91. The third kappa shape index (κ3) is 4.76. The maximum atomic E-state index is 11.4. The summed E-state index contributed by atoms with van der Waals surface area (Å²) in [6.07, 6.45) is 0.980. The summed E-state index contributed by atoms with van der Waals surface area (Å²) in [5.41, 5.74) is 1.88. The second kappa shape index (κ2) is 9.17. The second-order valence-corrected chi connectivity index (χ2v) is 6.42. The van der Waals surface area contributed by atoms with Gasteiger partial charge < -0.3 is 14.4 Å². The van der Waals surface area contributed by atoms with Crippen molar-refractivity contribution < 1.29 is 14.3 Å². The van der Waals surface area contributed by atoms with Crippen molar-refractivity contribution in [3.05, 3.63) is 54.4 Å². The van der Waals surface area contributed by atoms with E-state index in [1.807, 2.05) is 67.4 Å². The Labute approximate surface area is 165 Å². The first-order chi connectivity index (χ1) is 13.6. The second-order valence-electron chi connectivity index (χ2n) is 6.42. The van der Waals surface area contributed by atoms with Gasteiger partial charge in [-0.3, -0.25) is 4.79 Å². The summed E-state index contributed by atoms with van der Waals surface area (Å²) in [4.78, 5) is 22.6. The van der Waals surface area contributed by atoms with Gasteiger partial charge in [0.05, 0.1) is 18.7 Å². The molecule has 6 heteroatoms. The number of ether oxygens (including phenoxy) is 2. The monoisotopic (exact) mass is 379 g/mol. The van der Waals surface area contributed by atoms with Crippen LogP contribution >= 0.6 is 0 Å². The molecule has 0 N–H and O–H groups in total. The van der Waals surface area contributed by atoms with Crippen LogP contribution in [0.3, 0.4) is 0 Å². The fourth-order valence-electron chi connectivity index (χ4n) is 2.97. The number of aryl methyl sites for hydroxylation is 1. The molecule has 28 heavy (non-hydrogen) atoms. The van der Waals surface area contributed by atoms with E-state index in [1.165, 1.54) is 0 Å². The molecule has 0 amide bonds. The number of hydrogen-bond donors (Lipinski definition) is 0. The van der Waals surface area contributed by atoms with Crippen molar-refractivity contribution in [2.75, 3.05) is 25.2 Å². The number of hydrogen-bond acceptors (Lipinski definition) is 6. The third-order valence-corrected chi connectivity index (χ3v) is 4.32. The zero-order valence-electron chi connectivity index (χ0n) is 16.5. The summed E-state index contributed by atoms with van der Waals surface area (Å²) in [6.45, 7) is 4.57. The lowest BCUT2D eigenvalue weighted by Gasteiger charge is -2.21. The molecular formula is C22H25N3O3. The van der Waals surface area contributed by atoms with Crippen molar-refractivity contribution in [3.63, 3.8) is 0 Å². The Kier molecular flexibility index (Phi) is 6.42. The number of aromatic nitrogens is 2. The summed E-state index contributed by atoms with van der Waals surface area (Å²) >= 11 is 0. The third-order valence-electron chi connectivity index (χ3n) is 4.32. The Morgan fingerprint density at radius 3 is 2.75 bits per heavy atom. The van der Waals surface area contributed by atoms with Gasteiger partial charge in [-0.05, 0) is 44.5 Å². The van der Waals surface area contributed by atoms with Gasteiger partial charge >= 0.3 is 5.97 Å². The van der Waals surface area contributed by atoms with E-state index < -0.39 is 0 Å². The summed E-state index contributed by atoms with van der Waals surface area (Å²) in [6, 6.07) is 15.8. The van der Waals surface area contributed by atoms with Crippen molar-refractivity contribution in [1.82, 2.24) is 9.97 Å². The minimum absolute atomic E-state index is 0.189. The molecule has 0 atom stereocenters. The van der Waals surface area contributed by atoms with E-state index in [0.29, 0.717) is 26.1 Å². The minimum atomic E-state index is -0.189. The van der Waals surface area contributed by atoms with E-state index in [0.717, 1.165) is 34.0 Å². The van der Waals surface area contributed by atoms with Gasteiger partial charge in [0, 0.05) is 30.6 Å². The van der Waals surface area contributed by atoms with Crippen LogP contribution in [0.25, 0.3) is 10.9 Å². The van der Waals surface area contributed by atoms with Crippen molar-refractivity contribution in [1.29, 1.82) is 0 Å². The van der Waals surface area contributed by atoms with Crippen LogP contribution in [-0.4, -0.2) is 36.2 Å². The van der Waals surface area contributed by atoms with E-state index in [9.17, 15) is 4.79 Å². The topological polar surface area (TPSA) is 64.6 Å². The van der Waals surface area contributed by atoms with E-state index in [-0.39, 0.29) is 5.97 Å². The molecule has 0 unspecified atom stereocenters. The molecule has 1 heterocycles. The summed E-state index contributed by atoms with van der Waals surface area (Å²) < 4.78 is 10.7. The van der Waals surface area contributed by atoms with Crippen LogP contribution in [0.4, 0.5) is 11.5 Å². The van der Waals surface area contributed by atoms with Crippen LogP contribution in [0.5, 0.6) is 5.75 Å². The first-order valence-corrected chi connectivity index (χ1v) is 9.44. The molecule has 0 aliphatic carbocycles. The van der Waals surface area contributed by atoms with Crippen LogP contribution in [0.2, 0.25) is 0 Å². The number of nitrogens with zero attached hydrogens (tertiary/aromatic N) is 3. The Morgan fingerprint density at radius 2 is 1.93 bits per heavy atom. The Morgan fingerprint density at radius 1 is 1.11 bits per heavy atom. The Hall–Kier alpha value is -3.15. The number of rotatable bonds is 8. The van der Waals surface area contributed by atoms with Crippen LogP contribution in [0.1, 0.15) is 25.6 Å². The Bertz CT molecular complexity index is 959. The van der Waals surface area contributed by atoms with E-state index in [4.69, 9.17) is 9.47 Å². The molecule has 3 rings (SSSR count). The predicted octanol–water partition coefficient (Wildman–Crippen LogP) is 4.43. The Balaban J connectivity index is 1.73. The largest absolute Gasteiger partial charge is 0.494 e. The van der Waals surface area contributed by atoms with Gasteiger partial charge in [0.15, 0.2) is 0 Å². The zero-order chi connectivity index (χ0) is 19.9. The summed E-state index contributed by atoms with van der Waals surface area (Å²) in [5.74, 6) is 2.14. The molecule has 1 aromatic heterocycles. The number of esters is 1. The van der Waals surface area contributed by atoms with Gasteiger partial charge in [-0.25, -0.2) is 9.97 Å². The number of para-hydroxylation sites is 1. The quantitative estimate of drug-likeness (QED) is 0.426. The van der Waals surface area contributed by atoms with Crippen LogP contribution < -0.4 is 9.64 Å². The maximum absolute atomic E-state index is 11.4.